The Balaban J connectivity index is 2.03. The average Bonchev–Trinajstić information content (AvgIpc) is 2.72. The van der Waals surface area contributed by atoms with Crippen LogP contribution in [0, 0.1) is 12.7 Å². The Kier molecular flexibility index (Phi) is 3.41. The molecule has 0 aliphatic rings. The predicted molar refractivity (Wildman–Crippen MR) is 65.5 cm³/mol. The average molecular weight is 247 g/mol. The summed E-state index contributed by atoms with van der Waals surface area (Å²) in [6, 6.07) is 6.33. The lowest BCUT2D eigenvalue weighted by Gasteiger charge is -2.05. The monoisotopic (exact) mass is 247 g/mol. The van der Waals surface area contributed by atoms with E-state index < -0.39 is 11.7 Å². The number of halogens is 1. The van der Waals surface area contributed by atoms with Crippen LogP contribution < -0.4 is 5.32 Å². The van der Waals surface area contributed by atoms with Gasteiger partial charge in [-0.2, -0.15) is 5.10 Å². The number of hydrogen-bond donors (Lipinski definition) is 1. The number of hydrogen-bond acceptors (Lipinski definition) is 2. The maximum atomic E-state index is 13.6. The van der Waals surface area contributed by atoms with Crippen molar-refractivity contribution in [2.75, 3.05) is 0 Å². The highest BCUT2D eigenvalue weighted by Crippen LogP contribution is 2.09. The molecule has 0 fully saturated rings. The van der Waals surface area contributed by atoms with E-state index in [1.54, 1.807) is 37.0 Å². The van der Waals surface area contributed by atoms with Gasteiger partial charge < -0.3 is 5.32 Å². The Hall–Kier alpha value is -2.17. The highest BCUT2D eigenvalue weighted by molar-refractivity contribution is 5.94. The first-order valence-corrected chi connectivity index (χ1v) is 5.59. The van der Waals surface area contributed by atoms with Crippen molar-refractivity contribution in [3.05, 3.63) is 53.1 Å². The molecule has 0 saturated carbocycles. The number of rotatable bonds is 3. The first-order chi connectivity index (χ1) is 8.56. The van der Waals surface area contributed by atoms with Gasteiger partial charge in [-0.1, -0.05) is 6.07 Å². The van der Waals surface area contributed by atoms with Gasteiger partial charge in [0.1, 0.15) is 5.82 Å². The quantitative estimate of drug-likeness (QED) is 0.899. The van der Waals surface area contributed by atoms with Gasteiger partial charge in [0.15, 0.2) is 0 Å². The van der Waals surface area contributed by atoms with Crippen LogP contribution in [0.4, 0.5) is 4.39 Å². The molecular weight excluding hydrogens is 233 g/mol. The summed E-state index contributed by atoms with van der Waals surface area (Å²) < 4.78 is 15.2. The topological polar surface area (TPSA) is 46.9 Å². The van der Waals surface area contributed by atoms with Gasteiger partial charge in [0.25, 0.3) is 5.91 Å². The summed E-state index contributed by atoms with van der Waals surface area (Å²) in [6.45, 7) is 2.06. The molecule has 1 N–H and O–H groups in total. The van der Waals surface area contributed by atoms with Gasteiger partial charge in [-0.05, 0) is 30.7 Å². The highest BCUT2D eigenvalue weighted by Gasteiger charge is 2.11. The van der Waals surface area contributed by atoms with Crippen LogP contribution in [0.1, 0.15) is 21.6 Å². The van der Waals surface area contributed by atoms with Crippen molar-refractivity contribution in [2.45, 2.75) is 13.5 Å². The molecular formula is C13H14FN3O. The summed E-state index contributed by atoms with van der Waals surface area (Å²) in [5.74, 6) is -0.938. The Morgan fingerprint density at radius 2 is 2.22 bits per heavy atom. The second-order valence-corrected chi connectivity index (χ2v) is 4.15. The van der Waals surface area contributed by atoms with Gasteiger partial charge in [0.2, 0.25) is 0 Å². The normalized spacial score (nSPS) is 10.4. The van der Waals surface area contributed by atoms with E-state index >= 15 is 0 Å². The van der Waals surface area contributed by atoms with Crippen LogP contribution >= 0.6 is 0 Å². The minimum absolute atomic E-state index is 0.0523. The van der Waals surface area contributed by atoms with Crippen LogP contribution in [0.15, 0.2) is 30.5 Å². The van der Waals surface area contributed by atoms with Crippen LogP contribution in [0.5, 0.6) is 0 Å². The van der Waals surface area contributed by atoms with Crippen LogP contribution in [0.3, 0.4) is 0 Å². The Morgan fingerprint density at radius 3 is 2.83 bits per heavy atom. The van der Waals surface area contributed by atoms with E-state index in [9.17, 15) is 9.18 Å². The number of benzene rings is 1. The molecule has 2 aromatic rings. The van der Waals surface area contributed by atoms with Crippen molar-refractivity contribution in [1.82, 2.24) is 15.1 Å². The van der Waals surface area contributed by atoms with Gasteiger partial charge in [-0.3, -0.25) is 9.48 Å². The van der Waals surface area contributed by atoms with Crippen molar-refractivity contribution in [2.24, 2.45) is 7.05 Å². The zero-order valence-corrected chi connectivity index (χ0v) is 10.3. The smallest absolute Gasteiger partial charge is 0.254 e. The first kappa shape index (κ1) is 12.3. The molecule has 1 heterocycles. The van der Waals surface area contributed by atoms with Crippen LogP contribution in [-0.4, -0.2) is 15.7 Å². The molecule has 0 radical (unpaired) electrons. The molecule has 4 nitrogen and oxygen atoms in total. The summed E-state index contributed by atoms with van der Waals surface area (Å²) in [4.78, 5) is 11.8. The van der Waals surface area contributed by atoms with Gasteiger partial charge in [0.05, 0.1) is 17.8 Å². The second-order valence-electron chi connectivity index (χ2n) is 4.15. The number of carbonyl (C=O) groups excluding carboxylic acids is 1. The number of aryl methyl sites for hydroxylation is 2. The van der Waals surface area contributed by atoms with Gasteiger partial charge in [-0.15, -0.1) is 0 Å². The van der Waals surface area contributed by atoms with E-state index in [2.05, 4.69) is 10.4 Å². The SMILES string of the molecule is Cc1ccc(C(=O)NCc2ccn(C)n2)c(F)c1. The fourth-order valence-corrected chi connectivity index (χ4v) is 1.63. The van der Waals surface area contributed by atoms with E-state index in [4.69, 9.17) is 0 Å². The number of nitrogens with zero attached hydrogens (tertiary/aromatic N) is 2. The molecule has 0 atom stereocenters. The summed E-state index contributed by atoms with van der Waals surface area (Å²) in [6.07, 6.45) is 1.79. The predicted octanol–water partition coefficient (Wildman–Crippen LogP) is 1.80. The Bertz CT molecular complexity index is 577. The maximum Gasteiger partial charge on any atom is 0.254 e. The number of carbonyl (C=O) groups is 1. The lowest BCUT2D eigenvalue weighted by molar-refractivity contribution is 0.0946. The molecule has 0 spiro atoms. The molecule has 0 bridgehead atoms. The van der Waals surface area contributed by atoms with Crippen LogP contribution in [0.2, 0.25) is 0 Å². The summed E-state index contributed by atoms with van der Waals surface area (Å²) in [7, 11) is 1.80. The van der Waals surface area contributed by atoms with E-state index in [1.807, 2.05) is 0 Å². The number of amides is 1. The van der Waals surface area contributed by atoms with Gasteiger partial charge in [-0.25, -0.2) is 4.39 Å². The fourth-order valence-electron chi connectivity index (χ4n) is 1.63. The summed E-state index contributed by atoms with van der Waals surface area (Å²) in [5, 5.41) is 6.76. The Labute approximate surface area is 104 Å². The molecule has 0 unspecified atom stereocenters. The molecule has 0 aliphatic heterocycles. The number of nitrogens with one attached hydrogen (secondary N) is 1. The molecule has 5 heteroatoms. The van der Waals surface area contributed by atoms with Crippen molar-refractivity contribution in [3.8, 4) is 0 Å². The van der Waals surface area contributed by atoms with Gasteiger partial charge >= 0.3 is 0 Å². The van der Waals surface area contributed by atoms with Gasteiger partial charge in [0, 0.05) is 13.2 Å². The van der Waals surface area contributed by atoms with E-state index in [0.29, 0.717) is 0 Å². The van der Waals surface area contributed by atoms with Crippen LogP contribution in [0.25, 0.3) is 0 Å². The third kappa shape index (κ3) is 2.74. The van der Waals surface area contributed by atoms with E-state index in [-0.39, 0.29) is 12.1 Å². The zero-order chi connectivity index (χ0) is 13.1. The lowest BCUT2D eigenvalue weighted by Crippen LogP contribution is -2.24. The maximum absolute atomic E-state index is 13.6. The molecule has 1 aromatic heterocycles. The number of aromatic nitrogens is 2. The minimum Gasteiger partial charge on any atom is -0.346 e. The van der Waals surface area contributed by atoms with Crippen molar-refractivity contribution < 1.29 is 9.18 Å². The largest absolute Gasteiger partial charge is 0.346 e. The van der Waals surface area contributed by atoms with Crippen molar-refractivity contribution >= 4 is 5.91 Å². The molecule has 94 valence electrons. The summed E-state index contributed by atoms with van der Waals surface area (Å²) in [5.41, 5.74) is 1.57. The standard InChI is InChI=1S/C13H14FN3O/c1-9-3-4-11(12(14)7-9)13(18)15-8-10-5-6-17(2)16-10/h3-7H,8H2,1-2H3,(H,15,18). The fraction of sp³-hybridized carbons (Fsp3) is 0.231. The molecule has 1 amide bonds. The van der Waals surface area contributed by atoms with E-state index in [0.717, 1.165) is 11.3 Å². The minimum atomic E-state index is -0.506. The van der Waals surface area contributed by atoms with Crippen molar-refractivity contribution in [3.63, 3.8) is 0 Å². The zero-order valence-electron chi connectivity index (χ0n) is 10.3. The van der Waals surface area contributed by atoms with E-state index in [1.165, 1.54) is 12.1 Å². The lowest BCUT2D eigenvalue weighted by atomic mass is 10.1. The third-order valence-electron chi connectivity index (χ3n) is 2.57. The first-order valence-electron chi connectivity index (χ1n) is 5.59. The molecule has 0 saturated heterocycles. The highest BCUT2D eigenvalue weighted by atomic mass is 19.1. The third-order valence-corrected chi connectivity index (χ3v) is 2.57. The molecule has 1 aromatic carbocycles. The molecule has 0 aliphatic carbocycles. The van der Waals surface area contributed by atoms with Crippen LogP contribution in [-0.2, 0) is 13.6 Å². The summed E-state index contributed by atoms with van der Waals surface area (Å²) >= 11 is 0. The van der Waals surface area contributed by atoms with Crippen molar-refractivity contribution in [1.29, 1.82) is 0 Å². The second kappa shape index (κ2) is 5.00. The molecule has 18 heavy (non-hydrogen) atoms. The molecule has 2 rings (SSSR count). The Morgan fingerprint density at radius 1 is 1.44 bits per heavy atom.